The molecule has 0 bridgehead atoms. The zero-order chi connectivity index (χ0) is 9.52. The molecule has 0 fully saturated rings. The Balaban J connectivity index is 2.19. The minimum absolute atomic E-state index is 0.152. The topological polar surface area (TPSA) is 69.8 Å². The van der Waals surface area contributed by atoms with Crippen molar-refractivity contribution in [3.05, 3.63) is 18.2 Å². The number of hydrogen-bond donors (Lipinski definition) is 3. The molecule has 1 aromatic rings. The molecule has 0 saturated heterocycles. The minimum Gasteiger partial charge on any atom is -0.349 e. The second-order valence-corrected chi connectivity index (χ2v) is 2.65. The van der Waals surface area contributed by atoms with E-state index >= 15 is 0 Å². The fourth-order valence-corrected chi connectivity index (χ4v) is 0.940. The molecular formula is C8H14N4O. The molecule has 72 valence electrons. The number of amides is 1. The summed E-state index contributed by atoms with van der Waals surface area (Å²) in [5.41, 5.74) is 0. The lowest BCUT2D eigenvalue weighted by molar-refractivity contribution is 0.0944. The summed E-state index contributed by atoms with van der Waals surface area (Å²) in [7, 11) is 1.88. The van der Waals surface area contributed by atoms with Crippen LogP contribution in [0.5, 0.6) is 0 Å². The fraction of sp³-hybridized carbons (Fsp3) is 0.500. The van der Waals surface area contributed by atoms with Gasteiger partial charge in [0, 0.05) is 18.9 Å². The maximum Gasteiger partial charge on any atom is 0.287 e. The maximum atomic E-state index is 11.2. The summed E-state index contributed by atoms with van der Waals surface area (Å²) in [5, 5.41) is 5.75. The van der Waals surface area contributed by atoms with E-state index in [1.807, 2.05) is 7.05 Å². The van der Waals surface area contributed by atoms with Gasteiger partial charge in [-0.1, -0.05) is 0 Å². The summed E-state index contributed by atoms with van der Waals surface area (Å²) in [6.45, 7) is 1.57. The summed E-state index contributed by atoms with van der Waals surface area (Å²) >= 11 is 0. The van der Waals surface area contributed by atoms with E-state index < -0.39 is 0 Å². The van der Waals surface area contributed by atoms with Crippen LogP contribution in [-0.4, -0.2) is 36.0 Å². The molecule has 0 aliphatic carbocycles. The van der Waals surface area contributed by atoms with Crippen molar-refractivity contribution in [1.29, 1.82) is 0 Å². The first-order valence-electron chi connectivity index (χ1n) is 4.27. The molecule has 13 heavy (non-hydrogen) atoms. The SMILES string of the molecule is CNCCCNC(=O)c1ncc[nH]1. The minimum atomic E-state index is -0.152. The van der Waals surface area contributed by atoms with Crippen LogP contribution >= 0.6 is 0 Å². The highest BCUT2D eigenvalue weighted by molar-refractivity contribution is 5.90. The van der Waals surface area contributed by atoms with E-state index in [1.165, 1.54) is 0 Å². The number of H-pyrrole nitrogens is 1. The Labute approximate surface area is 76.9 Å². The Bertz CT molecular complexity index is 245. The zero-order valence-corrected chi connectivity index (χ0v) is 7.63. The van der Waals surface area contributed by atoms with Gasteiger partial charge in [0.2, 0.25) is 0 Å². The van der Waals surface area contributed by atoms with E-state index in [1.54, 1.807) is 12.4 Å². The van der Waals surface area contributed by atoms with Crippen LogP contribution in [-0.2, 0) is 0 Å². The van der Waals surface area contributed by atoms with Gasteiger partial charge in [-0.3, -0.25) is 4.79 Å². The van der Waals surface area contributed by atoms with Crippen molar-refractivity contribution < 1.29 is 4.79 Å². The largest absolute Gasteiger partial charge is 0.349 e. The number of imidazole rings is 1. The van der Waals surface area contributed by atoms with Crippen LogP contribution in [0, 0.1) is 0 Å². The van der Waals surface area contributed by atoms with Crippen molar-refractivity contribution in [2.45, 2.75) is 6.42 Å². The molecule has 0 radical (unpaired) electrons. The molecule has 0 unspecified atom stereocenters. The van der Waals surface area contributed by atoms with Gasteiger partial charge in [0.05, 0.1) is 0 Å². The molecule has 1 heterocycles. The first kappa shape index (κ1) is 9.73. The number of nitrogens with zero attached hydrogens (tertiary/aromatic N) is 1. The lowest BCUT2D eigenvalue weighted by Gasteiger charge is -2.01. The molecular weight excluding hydrogens is 168 g/mol. The Morgan fingerprint density at radius 1 is 1.62 bits per heavy atom. The summed E-state index contributed by atoms with van der Waals surface area (Å²) in [6, 6.07) is 0. The van der Waals surface area contributed by atoms with Crippen LogP contribution < -0.4 is 10.6 Å². The molecule has 0 aliphatic rings. The van der Waals surface area contributed by atoms with Crippen LogP contribution in [0.3, 0.4) is 0 Å². The number of rotatable bonds is 5. The molecule has 1 aromatic heterocycles. The second-order valence-electron chi connectivity index (χ2n) is 2.65. The molecule has 1 amide bonds. The number of nitrogens with one attached hydrogen (secondary N) is 3. The van der Waals surface area contributed by atoms with Crippen LogP contribution in [0.1, 0.15) is 17.0 Å². The molecule has 0 spiro atoms. The molecule has 0 saturated carbocycles. The summed E-state index contributed by atoms with van der Waals surface area (Å²) in [6.07, 6.45) is 4.11. The van der Waals surface area contributed by atoms with Crippen molar-refractivity contribution in [3.8, 4) is 0 Å². The molecule has 5 nitrogen and oxygen atoms in total. The quantitative estimate of drug-likeness (QED) is 0.550. The van der Waals surface area contributed by atoms with Crippen molar-refractivity contribution in [3.63, 3.8) is 0 Å². The van der Waals surface area contributed by atoms with Gasteiger partial charge in [-0.25, -0.2) is 4.98 Å². The van der Waals surface area contributed by atoms with Crippen LogP contribution in [0.4, 0.5) is 0 Å². The number of hydrogen-bond acceptors (Lipinski definition) is 3. The molecule has 5 heteroatoms. The molecule has 0 atom stereocenters. The standard InChI is InChI=1S/C8H14N4O/c1-9-3-2-4-12-8(13)7-10-5-6-11-7/h5-6,9H,2-4H2,1H3,(H,10,11)(H,12,13). The monoisotopic (exact) mass is 182 g/mol. The third kappa shape index (κ3) is 3.25. The molecule has 1 rings (SSSR count). The smallest absolute Gasteiger partial charge is 0.287 e. The van der Waals surface area contributed by atoms with Gasteiger partial charge in [0.1, 0.15) is 0 Å². The van der Waals surface area contributed by atoms with Gasteiger partial charge in [0.15, 0.2) is 5.82 Å². The Morgan fingerprint density at radius 3 is 3.08 bits per heavy atom. The van der Waals surface area contributed by atoms with Crippen molar-refractivity contribution in [2.24, 2.45) is 0 Å². The van der Waals surface area contributed by atoms with Crippen molar-refractivity contribution >= 4 is 5.91 Å². The highest BCUT2D eigenvalue weighted by Crippen LogP contribution is 1.87. The highest BCUT2D eigenvalue weighted by Gasteiger charge is 2.05. The number of carbonyl (C=O) groups excluding carboxylic acids is 1. The summed E-state index contributed by atoms with van der Waals surface area (Å²) < 4.78 is 0. The van der Waals surface area contributed by atoms with Gasteiger partial charge < -0.3 is 15.6 Å². The lowest BCUT2D eigenvalue weighted by Crippen LogP contribution is -2.27. The van der Waals surface area contributed by atoms with Crippen LogP contribution in [0.15, 0.2) is 12.4 Å². The number of aromatic amines is 1. The number of aromatic nitrogens is 2. The van der Waals surface area contributed by atoms with E-state index in [0.717, 1.165) is 13.0 Å². The van der Waals surface area contributed by atoms with E-state index in [9.17, 15) is 4.79 Å². The molecule has 0 aromatic carbocycles. The van der Waals surface area contributed by atoms with Crippen LogP contribution in [0.2, 0.25) is 0 Å². The normalized spacial score (nSPS) is 9.92. The molecule has 3 N–H and O–H groups in total. The second kappa shape index (κ2) is 5.31. The van der Waals surface area contributed by atoms with E-state index in [0.29, 0.717) is 12.4 Å². The summed E-state index contributed by atoms with van der Waals surface area (Å²) in [4.78, 5) is 17.8. The Kier molecular flexibility index (Phi) is 3.98. The highest BCUT2D eigenvalue weighted by atomic mass is 16.2. The third-order valence-electron chi connectivity index (χ3n) is 1.60. The average Bonchev–Trinajstić information content (AvgIpc) is 2.65. The third-order valence-corrected chi connectivity index (χ3v) is 1.60. The van der Waals surface area contributed by atoms with E-state index in [4.69, 9.17) is 0 Å². The molecule has 0 aliphatic heterocycles. The van der Waals surface area contributed by atoms with Crippen molar-refractivity contribution in [2.75, 3.05) is 20.1 Å². The van der Waals surface area contributed by atoms with Gasteiger partial charge >= 0.3 is 0 Å². The van der Waals surface area contributed by atoms with Gasteiger partial charge in [-0.15, -0.1) is 0 Å². The Morgan fingerprint density at radius 2 is 2.46 bits per heavy atom. The van der Waals surface area contributed by atoms with Crippen molar-refractivity contribution in [1.82, 2.24) is 20.6 Å². The summed E-state index contributed by atoms with van der Waals surface area (Å²) in [5.74, 6) is 0.213. The maximum absolute atomic E-state index is 11.2. The van der Waals surface area contributed by atoms with Gasteiger partial charge in [-0.2, -0.15) is 0 Å². The number of carbonyl (C=O) groups is 1. The first-order chi connectivity index (χ1) is 6.34. The lowest BCUT2D eigenvalue weighted by atomic mass is 10.4. The predicted octanol–water partition coefficient (Wildman–Crippen LogP) is -0.251. The zero-order valence-electron chi connectivity index (χ0n) is 7.63. The Hall–Kier alpha value is -1.36. The van der Waals surface area contributed by atoms with Crippen LogP contribution in [0.25, 0.3) is 0 Å². The van der Waals surface area contributed by atoms with Gasteiger partial charge in [-0.05, 0) is 20.0 Å². The first-order valence-corrected chi connectivity index (χ1v) is 4.27. The average molecular weight is 182 g/mol. The van der Waals surface area contributed by atoms with E-state index in [-0.39, 0.29) is 5.91 Å². The van der Waals surface area contributed by atoms with Gasteiger partial charge in [0.25, 0.3) is 5.91 Å². The van der Waals surface area contributed by atoms with E-state index in [2.05, 4.69) is 20.6 Å². The fourth-order valence-electron chi connectivity index (χ4n) is 0.940. The predicted molar refractivity (Wildman–Crippen MR) is 49.5 cm³/mol.